The van der Waals surface area contributed by atoms with Crippen molar-refractivity contribution in [2.75, 3.05) is 61.9 Å². The fraction of sp³-hybridized carbons (Fsp3) is 0.488. The molecule has 4 aromatic rings. The lowest BCUT2D eigenvalue weighted by molar-refractivity contribution is -0.136. The molecule has 0 spiro atoms. The summed E-state index contributed by atoms with van der Waals surface area (Å²) in [6.45, 7) is 4.48. The van der Waals surface area contributed by atoms with Gasteiger partial charge in [0.05, 0.1) is 23.0 Å². The van der Waals surface area contributed by atoms with Gasteiger partial charge in [0.2, 0.25) is 17.8 Å². The van der Waals surface area contributed by atoms with Crippen LogP contribution in [0.5, 0.6) is 0 Å². The second kappa shape index (κ2) is 16.0. The quantitative estimate of drug-likeness (QED) is 0.195. The summed E-state index contributed by atoms with van der Waals surface area (Å²) in [7, 11) is 3.55. The first kappa shape index (κ1) is 38.6. The minimum absolute atomic E-state index is 0.0320. The van der Waals surface area contributed by atoms with Gasteiger partial charge < -0.3 is 29.9 Å². The molecule has 0 radical (unpaired) electrons. The average Bonchev–Trinajstić information content (AvgIpc) is 3.97. The number of piperidine rings is 3. The number of rotatable bonds is 10. The van der Waals surface area contributed by atoms with E-state index in [2.05, 4.69) is 41.4 Å². The summed E-state index contributed by atoms with van der Waals surface area (Å²) in [6.07, 6.45) is 12.5. The minimum Gasteiger partial charge on any atom is -0.370 e. The predicted molar refractivity (Wildman–Crippen MR) is 222 cm³/mol. The maximum atomic E-state index is 13.4. The normalized spacial score (nSPS) is 21.7. The van der Waals surface area contributed by atoms with Crippen molar-refractivity contribution < 1.29 is 24.0 Å². The van der Waals surface area contributed by atoms with Crippen molar-refractivity contribution in [1.82, 2.24) is 40.0 Å². The van der Waals surface area contributed by atoms with Gasteiger partial charge in [-0.05, 0) is 93.8 Å². The van der Waals surface area contributed by atoms with E-state index in [4.69, 9.17) is 9.97 Å². The topological polar surface area (TPSA) is 178 Å². The van der Waals surface area contributed by atoms with Gasteiger partial charge >= 0.3 is 0 Å². The fourth-order valence-electron chi connectivity index (χ4n) is 9.52. The van der Waals surface area contributed by atoms with Crippen LogP contribution in [0.2, 0.25) is 0 Å². The molecule has 308 valence electrons. The molecule has 16 heteroatoms. The van der Waals surface area contributed by atoms with E-state index in [-0.39, 0.29) is 30.7 Å². The molecule has 2 atom stereocenters. The molecule has 9 rings (SSSR count). The number of carbonyl (C=O) groups is 5. The van der Waals surface area contributed by atoms with Crippen LogP contribution in [0.25, 0.3) is 11.0 Å². The second-order valence-corrected chi connectivity index (χ2v) is 16.8. The molecule has 5 aliphatic rings. The summed E-state index contributed by atoms with van der Waals surface area (Å²) in [5.41, 5.74) is 4.00. The number of pyridine rings is 1. The number of nitrogens with one attached hydrogen (secondary N) is 3. The van der Waals surface area contributed by atoms with Crippen LogP contribution in [0.1, 0.15) is 101 Å². The van der Waals surface area contributed by atoms with Gasteiger partial charge in [0.15, 0.2) is 0 Å². The lowest BCUT2D eigenvalue weighted by atomic mass is 9.95. The highest BCUT2D eigenvalue weighted by atomic mass is 16.2. The Labute approximate surface area is 342 Å². The molecule has 1 unspecified atom stereocenters. The Hall–Kier alpha value is -5.90. The standard InChI is InChI=1S/C43H51N11O5/c1-50(2)42(59)35-20-27-23-46-43(49-38(27)53(35)29-7-3-4-8-29)47-36-13-10-31(24-45-36)51-18-15-26(16-19-51)22-44-28-6-5-17-52(25-28)30-9-11-32-33(21-30)41(58)54(40(32)57)34-12-14-37(55)48-39(34)56/h9-11,13,20-21,23-24,26,28-29,34,44H,3-8,12,14-19,22,25H2,1-2H3,(H,48,55,56)(H,45,46,47,49)/t28-,34?/m0/s1. The molecule has 1 aromatic carbocycles. The molecule has 3 aromatic heterocycles. The Morgan fingerprint density at radius 3 is 2.36 bits per heavy atom. The molecule has 59 heavy (non-hydrogen) atoms. The Bertz CT molecular complexity index is 2290. The fourth-order valence-corrected chi connectivity index (χ4v) is 9.52. The van der Waals surface area contributed by atoms with E-state index in [1.807, 2.05) is 24.4 Å². The average molecular weight is 802 g/mol. The Morgan fingerprint density at radius 2 is 1.61 bits per heavy atom. The monoisotopic (exact) mass is 801 g/mol. The summed E-state index contributed by atoms with van der Waals surface area (Å²) in [5, 5.41) is 10.2. The smallest absolute Gasteiger partial charge is 0.270 e. The largest absolute Gasteiger partial charge is 0.370 e. The van der Waals surface area contributed by atoms with Gasteiger partial charge in [-0.2, -0.15) is 4.98 Å². The third-order valence-electron chi connectivity index (χ3n) is 12.8. The highest BCUT2D eigenvalue weighted by Crippen LogP contribution is 2.36. The van der Waals surface area contributed by atoms with Crippen molar-refractivity contribution >= 4 is 63.7 Å². The van der Waals surface area contributed by atoms with E-state index in [0.717, 1.165) is 111 Å². The molecular weight excluding hydrogens is 751 g/mol. The van der Waals surface area contributed by atoms with Gasteiger partial charge in [-0.1, -0.05) is 12.8 Å². The number of aromatic nitrogens is 4. The number of fused-ring (bicyclic) bond motifs is 2. The van der Waals surface area contributed by atoms with Crippen LogP contribution >= 0.6 is 0 Å². The molecule has 3 saturated heterocycles. The summed E-state index contributed by atoms with van der Waals surface area (Å²) >= 11 is 0. The number of nitrogens with zero attached hydrogens (tertiary/aromatic N) is 8. The first-order valence-electron chi connectivity index (χ1n) is 21.0. The molecule has 1 aliphatic carbocycles. The lowest BCUT2D eigenvalue weighted by Crippen LogP contribution is -2.54. The SMILES string of the molecule is CN(C)C(=O)c1cc2cnc(Nc3ccc(N4CCC(CN[C@H]5CCCN(c6ccc7c(c6)C(=O)N(C6CCC(=O)NC6=O)C7=O)C5)CC4)cn3)nc2n1C1CCCC1. The zero-order chi connectivity index (χ0) is 40.8. The summed E-state index contributed by atoms with van der Waals surface area (Å²) in [4.78, 5) is 85.2. The van der Waals surface area contributed by atoms with E-state index in [0.29, 0.717) is 40.5 Å². The number of benzene rings is 1. The number of anilines is 4. The third-order valence-corrected chi connectivity index (χ3v) is 12.8. The molecule has 0 bridgehead atoms. The zero-order valence-corrected chi connectivity index (χ0v) is 33.7. The lowest BCUT2D eigenvalue weighted by Gasteiger charge is -2.37. The Balaban J connectivity index is 0.767. The molecule has 1 saturated carbocycles. The van der Waals surface area contributed by atoms with Crippen LogP contribution in [-0.4, -0.2) is 118 Å². The van der Waals surface area contributed by atoms with E-state index < -0.39 is 23.8 Å². The van der Waals surface area contributed by atoms with Crippen LogP contribution in [0.4, 0.5) is 23.1 Å². The van der Waals surface area contributed by atoms with Crippen molar-refractivity contribution in [3.63, 3.8) is 0 Å². The van der Waals surface area contributed by atoms with Gasteiger partial charge in [-0.3, -0.25) is 34.2 Å². The van der Waals surface area contributed by atoms with Crippen LogP contribution < -0.4 is 25.8 Å². The zero-order valence-electron chi connectivity index (χ0n) is 33.7. The summed E-state index contributed by atoms with van der Waals surface area (Å²) < 4.78 is 2.11. The molecule has 3 N–H and O–H groups in total. The van der Waals surface area contributed by atoms with Gasteiger partial charge in [0.25, 0.3) is 17.7 Å². The third kappa shape index (κ3) is 7.61. The van der Waals surface area contributed by atoms with Crippen LogP contribution in [0.15, 0.2) is 48.8 Å². The van der Waals surface area contributed by atoms with Crippen LogP contribution in [-0.2, 0) is 9.59 Å². The summed E-state index contributed by atoms with van der Waals surface area (Å²) in [6, 6.07) is 10.9. The van der Waals surface area contributed by atoms with Gasteiger partial charge in [-0.25, -0.2) is 9.97 Å². The van der Waals surface area contributed by atoms with E-state index >= 15 is 0 Å². The number of amides is 5. The predicted octanol–water partition coefficient (Wildman–Crippen LogP) is 4.26. The minimum atomic E-state index is -0.973. The number of hydrogen-bond donors (Lipinski definition) is 3. The second-order valence-electron chi connectivity index (χ2n) is 16.8. The molecule has 4 aliphatic heterocycles. The number of carbonyl (C=O) groups excluding carboxylic acids is 5. The maximum Gasteiger partial charge on any atom is 0.270 e. The highest BCUT2D eigenvalue weighted by Gasteiger charge is 2.45. The molecule has 5 amide bonds. The van der Waals surface area contributed by atoms with Gasteiger partial charge in [-0.15, -0.1) is 0 Å². The van der Waals surface area contributed by atoms with E-state index in [9.17, 15) is 24.0 Å². The first-order chi connectivity index (χ1) is 28.6. The van der Waals surface area contributed by atoms with Crippen molar-refractivity contribution in [3.05, 3.63) is 65.6 Å². The highest BCUT2D eigenvalue weighted by molar-refractivity contribution is 6.23. The van der Waals surface area contributed by atoms with E-state index in [1.54, 1.807) is 37.3 Å². The molecule has 4 fully saturated rings. The first-order valence-corrected chi connectivity index (χ1v) is 21.0. The van der Waals surface area contributed by atoms with Crippen LogP contribution in [0, 0.1) is 5.92 Å². The van der Waals surface area contributed by atoms with Gasteiger partial charge in [0.1, 0.15) is 23.2 Å². The van der Waals surface area contributed by atoms with E-state index in [1.165, 1.54) is 0 Å². The maximum absolute atomic E-state index is 13.4. The molecule has 7 heterocycles. The molecule has 16 nitrogen and oxygen atoms in total. The Morgan fingerprint density at radius 1 is 0.831 bits per heavy atom. The summed E-state index contributed by atoms with van der Waals surface area (Å²) in [5.74, 6) is -0.326. The van der Waals surface area contributed by atoms with Crippen molar-refractivity contribution in [1.29, 1.82) is 0 Å². The van der Waals surface area contributed by atoms with Crippen molar-refractivity contribution in [2.24, 2.45) is 5.92 Å². The van der Waals surface area contributed by atoms with Crippen molar-refractivity contribution in [2.45, 2.75) is 82.3 Å². The number of hydrogen-bond acceptors (Lipinski definition) is 12. The number of imide groups is 2. The van der Waals surface area contributed by atoms with Gasteiger partial charge in [0, 0.05) is 76.0 Å². The van der Waals surface area contributed by atoms with Crippen LogP contribution in [0.3, 0.4) is 0 Å². The van der Waals surface area contributed by atoms with Crippen molar-refractivity contribution in [3.8, 4) is 0 Å². The Kier molecular flexibility index (Phi) is 10.5. The molecular formula is C43H51N11O5.